The molecule has 0 radical (unpaired) electrons. The van der Waals surface area contributed by atoms with Gasteiger partial charge in [-0.15, -0.1) is 10.2 Å². The van der Waals surface area contributed by atoms with E-state index in [0.29, 0.717) is 35.5 Å². The van der Waals surface area contributed by atoms with Crippen LogP contribution in [0.5, 0.6) is 5.75 Å². The van der Waals surface area contributed by atoms with E-state index in [-0.39, 0.29) is 11.3 Å². The van der Waals surface area contributed by atoms with Crippen LogP contribution < -0.4 is 5.32 Å². The van der Waals surface area contributed by atoms with Crippen molar-refractivity contribution in [1.82, 2.24) is 15.2 Å². The fourth-order valence-corrected chi connectivity index (χ4v) is 3.70. The maximum Gasteiger partial charge on any atom is 0.416 e. The average Bonchev–Trinajstić information content (AvgIpc) is 2.71. The van der Waals surface area contributed by atoms with Crippen molar-refractivity contribution < 1.29 is 28.5 Å². The van der Waals surface area contributed by atoms with Crippen molar-refractivity contribution in [2.45, 2.75) is 43.7 Å². The minimum absolute atomic E-state index is 0.103. The molecule has 10 heteroatoms. The van der Waals surface area contributed by atoms with Gasteiger partial charge in [-0.1, -0.05) is 0 Å². The van der Waals surface area contributed by atoms with Crippen LogP contribution in [0, 0.1) is 0 Å². The molecule has 30 heavy (non-hydrogen) atoms. The Morgan fingerprint density at radius 1 is 1.03 bits per heavy atom. The Bertz CT molecular complexity index is 1080. The molecule has 1 saturated carbocycles. The maximum atomic E-state index is 12.9. The standard InChI is InChI=1S/C20H19F3N4O3/c21-20(22,23)10-4-5-12(16(29)8-10)17-11-6-7-24-9-13(11)19(27-26-17)25-14-2-1-3-15(28)18(14)30/h4-9,14-15,18,28-30H,1-3H2,(H,25,27)/t14-,15-,18-/m1/s1. The van der Waals surface area contributed by atoms with Crippen LogP contribution in [0.1, 0.15) is 24.8 Å². The molecule has 0 bridgehead atoms. The van der Waals surface area contributed by atoms with E-state index in [1.807, 2.05) is 0 Å². The molecular weight excluding hydrogens is 401 g/mol. The number of halogens is 3. The van der Waals surface area contributed by atoms with Gasteiger partial charge in [0.1, 0.15) is 11.4 Å². The summed E-state index contributed by atoms with van der Waals surface area (Å²) in [6.07, 6.45) is -1.49. The Kier molecular flexibility index (Phi) is 5.20. The van der Waals surface area contributed by atoms with Gasteiger partial charge in [-0.05, 0) is 43.5 Å². The highest BCUT2D eigenvalue weighted by molar-refractivity contribution is 6.00. The molecule has 1 aromatic carbocycles. The first kappa shape index (κ1) is 20.3. The van der Waals surface area contributed by atoms with E-state index in [1.54, 1.807) is 6.07 Å². The van der Waals surface area contributed by atoms with Gasteiger partial charge in [-0.2, -0.15) is 13.2 Å². The molecule has 3 aromatic rings. The molecule has 0 aliphatic heterocycles. The molecule has 3 atom stereocenters. The molecule has 1 aliphatic rings. The highest BCUT2D eigenvalue weighted by Crippen LogP contribution is 2.38. The number of aliphatic hydroxyl groups excluding tert-OH is 2. The van der Waals surface area contributed by atoms with Crippen LogP contribution in [-0.2, 0) is 6.18 Å². The Labute approximate surface area is 169 Å². The number of hydrogen-bond donors (Lipinski definition) is 4. The lowest BCUT2D eigenvalue weighted by atomic mass is 9.90. The summed E-state index contributed by atoms with van der Waals surface area (Å²) >= 11 is 0. The normalized spacial score (nSPS) is 22.2. The molecule has 7 nitrogen and oxygen atoms in total. The molecular formula is C20H19F3N4O3. The van der Waals surface area contributed by atoms with Gasteiger partial charge in [-0.3, -0.25) is 4.98 Å². The smallest absolute Gasteiger partial charge is 0.416 e. The van der Waals surface area contributed by atoms with Gasteiger partial charge in [0.2, 0.25) is 0 Å². The summed E-state index contributed by atoms with van der Waals surface area (Å²) < 4.78 is 38.7. The van der Waals surface area contributed by atoms with E-state index < -0.39 is 35.7 Å². The second-order valence-corrected chi connectivity index (χ2v) is 7.29. The summed E-state index contributed by atoms with van der Waals surface area (Å²) in [4.78, 5) is 4.07. The van der Waals surface area contributed by atoms with E-state index >= 15 is 0 Å². The number of nitrogens with zero attached hydrogens (tertiary/aromatic N) is 3. The zero-order valence-electron chi connectivity index (χ0n) is 15.6. The number of pyridine rings is 1. The van der Waals surface area contributed by atoms with Crippen molar-refractivity contribution >= 4 is 16.6 Å². The van der Waals surface area contributed by atoms with Crippen LogP contribution in [-0.4, -0.2) is 48.8 Å². The Morgan fingerprint density at radius 2 is 1.83 bits per heavy atom. The molecule has 4 rings (SSSR count). The van der Waals surface area contributed by atoms with Crippen LogP contribution in [0.15, 0.2) is 36.7 Å². The van der Waals surface area contributed by atoms with Crippen LogP contribution in [0.3, 0.4) is 0 Å². The number of phenols is 1. The maximum absolute atomic E-state index is 12.9. The number of nitrogens with one attached hydrogen (secondary N) is 1. The monoisotopic (exact) mass is 420 g/mol. The number of hydrogen-bond acceptors (Lipinski definition) is 7. The van der Waals surface area contributed by atoms with Crippen LogP contribution in [0.2, 0.25) is 0 Å². The first-order valence-corrected chi connectivity index (χ1v) is 9.39. The molecule has 0 amide bonds. The number of phenolic OH excluding ortho intramolecular Hbond substituents is 1. The largest absolute Gasteiger partial charge is 0.507 e. The molecule has 0 unspecified atom stereocenters. The van der Waals surface area contributed by atoms with E-state index in [1.165, 1.54) is 12.4 Å². The first-order chi connectivity index (χ1) is 14.3. The first-order valence-electron chi connectivity index (χ1n) is 9.39. The Balaban J connectivity index is 1.75. The van der Waals surface area contributed by atoms with Crippen molar-refractivity contribution in [2.24, 2.45) is 0 Å². The van der Waals surface area contributed by atoms with Crippen LogP contribution >= 0.6 is 0 Å². The summed E-state index contributed by atoms with van der Waals surface area (Å²) in [6, 6.07) is 3.85. The highest BCUT2D eigenvalue weighted by atomic mass is 19.4. The molecule has 0 saturated heterocycles. The number of aromatic hydroxyl groups is 1. The second kappa shape index (κ2) is 7.69. The highest BCUT2D eigenvalue weighted by Gasteiger charge is 2.32. The molecule has 1 aliphatic carbocycles. The van der Waals surface area contributed by atoms with Gasteiger partial charge in [-0.25, -0.2) is 0 Å². The molecule has 4 N–H and O–H groups in total. The SMILES string of the molecule is Oc1cc(C(F)(F)F)ccc1-c1nnc(N[C@@H]2CCC[C@@H](O)[C@@H]2O)c2cnccc12. The fraction of sp³-hybridized carbons (Fsp3) is 0.350. The summed E-state index contributed by atoms with van der Waals surface area (Å²) in [5, 5.41) is 42.7. The number of rotatable bonds is 3. The average molecular weight is 420 g/mol. The minimum atomic E-state index is -4.58. The van der Waals surface area contributed by atoms with Gasteiger partial charge < -0.3 is 20.6 Å². The van der Waals surface area contributed by atoms with E-state index in [4.69, 9.17) is 0 Å². The van der Waals surface area contributed by atoms with E-state index in [2.05, 4.69) is 20.5 Å². The third-order valence-electron chi connectivity index (χ3n) is 5.31. The summed E-state index contributed by atoms with van der Waals surface area (Å²) in [5.41, 5.74) is -0.661. The molecule has 2 aromatic heterocycles. The summed E-state index contributed by atoms with van der Waals surface area (Å²) in [6.45, 7) is 0. The summed E-state index contributed by atoms with van der Waals surface area (Å²) in [7, 11) is 0. The van der Waals surface area contributed by atoms with Gasteiger partial charge >= 0.3 is 6.18 Å². The molecule has 2 heterocycles. The van der Waals surface area contributed by atoms with Crippen LogP contribution in [0.25, 0.3) is 22.0 Å². The van der Waals surface area contributed by atoms with Gasteiger partial charge in [0, 0.05) is 28.7 Å². The van der Waals surface area contributed by atoms with Crippen molar-refractivity contribution in [3.8, 4) is 17.0 Å². The van der Waals surface area contributed by atoms with E-state index in [9.17, 15) is 28.5 Å². The number of aliphatic hydroxyl groups is 2. The van der Waals surface area contributed by atoms with Gasteiger partial charge in [0.15, 0.2) is 5.82 Å². The third-order valence-corrected chi connectivity index (χ3v) is 5.31. The van der Waals surface area contributed by atoms with E-state index in [0.717, 1.165) is 18.6 Å². The fourth-order valence-electron chi connectivity index (χ4n) is 3.70. The molecule has 1 fully saturated rings. The van der Waals surface area contributed by atoms with Crippen molar-refractivity contribution in [2.75, 3.05) is 5.32 Å². The Morgan fingerprint density at radius 3 is 2.57 bits per heavy atom. The number of benzene rings is 1. The van der Waals surface area contributed by atoms with Crippen LogP contribution in [0.4, 0.5) is 19.0 Å². The third kappa shape index (κ3) is 3.75. The van der Waals surface area contributed by atoms with Crippen molar-refractivity contribution in [3.05, 3.63) is 42.2 Å². The number of aromatic nitrogens is 3. The second-order valence-electron chi connectivity index (χ2n) is 7.29. The summed E-state index contributed by atoms with van der Waals surface area (Å²) in [5.74, 6) is -0.241. The van der Waals surface area contributed by atoms with Gasteiger partial charge in [0.05, 0.1) is 23.8 Å². The topological polar surface area (TPSA) is 111 Å². The number of alkyl halides is 3. The predicted molar refractivity (Wildman–Crippen MR) is 103 cm³/mol. The Hall–Kier alpha value is -2.98. The lowest BCUT2D eigenvalue weighted by molar-refractivity contribution is -0.137. The molecule has 0 spiro atoms. The number of fused-ring (bicyclic) bond motifs is 1. The molecule has 158 valence electrons. The van der Waals surface area contributed by atoms with Gasteiger partial charge in [0.25, 0.3) is 0 Å². The quantitative estimate of drug-likeness (QED) is 0.515. The minimum Gasteiger partial charge on any atom is -0.507 e. The lowest BCUT2D eigenvalue weighted by Crippen LogP contribution is -2.45. The zero-order chi connectivity index (χ0) is 21.5. The van der Waals surface area contributed by atoms with Crippen molar-refractivity contribution in [1.29, 1.82) is 0 Å². The van der Waals surface area contributed by atoms with Crippen molar-refractivity contribution in [3.63, 3.8) is 0 Å². The predicted octanol–water partition coefficient (Wildman–Crippen LogP) is 3.10. The number of anilines is 1. The zero-order valence-corrected chi connectivity index (χ0v) is 15.6. The lowest BCUT2D eigenvalue weighted by Gasteiger charge is -2.32.